The first-order chi connectivity index (χ1) is 13.0. The number of aliphatic imine (C=N–C) groups is 1. The molecule has 5 nitrogen and oxygen atoms in total. The summed E-state index contributed by atoms with van der Waals surface area (Å²) in [6, 6.07) is 13.6. The average Bonchev–Trinajstić information content (AvgIpc) is 2.69. The number of benzene rings is 2. The number of para-hydroxylation sites is 1. The van der Waals surface area contributed by atoms with E-state index in [1.807, 2.05) is 37.3 Å². The molecule has 1 aliphatic heterocycles. The summed E-state index contributed by atoms with van der Waals surface area (Å²) < 4.78 is 10.9. The highest BCUT2D eigenvalue weighted by Crippen LogP contribution is 2.37. The molecule has 0 radical (unpaired) electrons. The van der Waals surface area contributed by atoms with Crippen molar-refractivity contribution in [2.24, 2.45) is 10.9 Å². The second-order valence-electron chi connectivity index (χ2n) is 7.05. The Labute approximate surface area is 161 Å². The molecule has 2 aromatic carbocycles. The number of ether oxygens (including phenoxy) is 2. The molecule has 0 saturated heterocycles. The van der Waals surface area contributed by atoms with Crippen LogP contribution in [0.3, 0.4) is 0 Å². The normalized spacial score (nSPS) is 19.7. The van der Waals surface area contributed by atoms with Crippen molar-refractivity contribution < 1.29 is 14.6 Å². The maximum absolute atomic E-state index is 10.7. The fraction of sp³-hybridized carbons (Fsp3) is 0.409. The first kappa shape index (κ1) is 19.2. The number of nitrogens with one attached hydrogen (secondary N) is 1. The van der Waals surface area contributed by atoms with Gasteiger partial charge in [0.25, 0.3) is 0 Å². The Hall–Kier alpha value is -2.53. The van der Waals surface area contributed by atoms with Crippen molar-refractivity contribution in [3.63, 3.8) is 0 Å². The predicted molar refractivity (Wildman–Crippen MR) is 108 cm³/mol. The van der Waals surface area contributed by atoms with Crippen molar-refractivity contribution in [2.45, 2.75) is 39.4 Å². The SMILES string of the molecule is CCOc1cccc([C@H]2CC(c3cccc(OC)c3)=N[C@@H](C(C)C)N2)c1O. The zero-order valence-corrected chi connectivity index (χ0v) is 16.4. The smallest absolute Gasteiger partial charge is 0.162 e. The molecular formula is C22H28N2O3. The third-order valence-electron chi connectivity index (χ3n) is 4.80. The number of phenolic OH excluding ortho intramolecular Hbond substituents is 1. The molecule has 0 unspecified atom stereocenters. The van der Waals surface area contributed by atoms with Gasteiger partial charge in [-0.15, -0.1) is 0 Å². The molecule has 0 fully saturated rings. The monoisotopic (exact) mass is 368 g/mol. The summed E-state index contributed by atoms with van der Waals surface area (Å²) in [5, 5.41) is 14.3. The number of methoxy groups -OCH3 is 1. The van der Waals surface area contributed by atoms with Crippen LogP contribution in [0.25, 0.3) is 0 Å². The molecule has 144 valence electrons. The van der Waals surface area contributed by atoms with E-state index in [9.17, 15) is 5.11 Å². The maximum Gasteiger partial charge on any atom is 0.162 e. The molecule has 0 aliphatic carbocycles. The molecule has 5 heteroatoms. The summed E-state index contributed by atoms with van der Waals surface area (Å²) >= 11 is 0. The van der Waals surface area contributed by atoms with Gasteiger partial charge in [0.05, 0.1) is 13.7 Å². The Morgan fingerprint density at radius 3 is 2.70 bits per heavy atom. The lowest BCUT2D eigenvalue weighted by Gasteiger charge is -2.32. The topological polar surface area (TPSA) is 63.1 Å². The predicted octanol–water partition coefficient (Wildman–Crippen LogP) is 4.31. The number of hydrogen-bond acceptors (Lipinski definition) is 5. The third-order valence-corrected chi connectivity index (χ3v) is 4.80. The van der Waals surface area contributed by atoms with Gasteiger partial charge in [-0.05, 0) is 36.6 Å². The van der Waals surface area contributed by atoms with E-state index in [1.54, 1.807) is 13.2 Å². The molecule has 0 saturated carbocycles. The van der Waals surface area contributed by atoms with Crippen LogP contribution in [-0.2, 0) is 0 Å². The van der Waals surface area contributed by atoms with Gasteiger partial charge in [-0.1, -0.05) is 38.1 Å². The van der Waals surface area contributed by atoms with E-state index in [2.05, 4.69) is 25.2 Å². The van der Waals surface area contributed by atoms with Crippen LogP contribution >= 0.6 is 0 Å². The summed E-state index contributed by atoms with van der Waals surface area (Å²) in [5.41, 5.74) is 2.89. The fourth-order valence-corrected chi connectivity index (χ4v) is 3.34. The van der Waals surface area contributed by atoms with Crippen molar-refractivity contribution in [2.75, 3.05) is 13.7 Å². The van der Waals surface area contributed by atoms with E-state index in [-0.39, 0.29) is 18.0 Å². The molecule has 0 bridgehead atoms. The Morgan fingerprint density at radius 1 is 1.22 bits per heavy atom. The number of rotatable bonds is 6. The largest absolute Gasteiger partial charge is 0.504 e. The zero-order valence-electron chi connectivity index (χ0n) is 16.4. The first-order valence-electron chi connectivity index (χ1n) is 9.45. The Kier molecular flexibility index (Phi) is 6.01. The van der Waals surface area contributed by atoms with Crippen LogP contribution in [0.5, 0.6) is 17.2 Å². The van der Waals surface area contributed by atoms with Crippen LogP contribution in [0, 0.1) is 5.92 Å². The van der Waals surface area contributed by atoms with Crippen molar-refractivity contribution in [1.82, 2.24) is 5.32 Å². The van der Waals surface area contributed by atoms with Gasteiger partial charge in [-0.25, -0.2) is 0 Å². The third kappa shape index (κ3) is 4.25. The second kappa shape index (κ2) is 8.44. The molecule has 2 N–H and O–H groups in total. The minimum Gasteiger partial charge on any atom is -0.504 e. The van der Waals surface area contributed by atoms with Gasteiger partial charge in [0.1, 0.15) is 11.9 Å². The van der Waals surface area contributed by atoms with Crippen LogP contribution in [0.4, 0.5) is 0 Å². The van der Waals surface area contributed by atoms with Gasteiger partial charge in [0.2, 0.25) is 0 Å². The Balaban J connectivity index is 1.97. The van der Waals surface area contributed by atoms with Gasteiger partial charge in [0.15, 0.2) is 11.5 Å². The van der Waals surface area contributed by atoms with Crippen LogP contribution in [0.15, 0.2) is 47.5 Å². The minimum atomic E-state index is -0.0449. The van der Waals surface area contributed by atoms with Crippen molar-refractivity contribution in [1.29, 1.82) is 0 Å². The molecule has 1 aliphatic rings. The van der Waals surface area contributed by atoms with Crippen molar-refractivity contribution in [3.05, 3.63) is 53.6 Å². The highest BCUT2D eigenvalue weighted by atomic mass is 16.5. The highest BCUT2D eigenvalue weighted by molar-refractivity contribution is 6.01. The van der Waals surface area contributed by atoms with Gasteiger partial charge < -0.3 is 14.6 Å². The maximum atomic E-state index is 10.7. The molecule has 1 heterocycles. The van der Waals surface area contributed by atoms with Gasteiger partial charge in [-0.3, -0.25) is 10.3 Å². The molecule has 3 rings (SSSR count). The van der Waals surface area contributed by atoms with Crippen LogP contribution in [0.2, 0.25) is 0 Å². The molecule has 27 heavy (non-hydrogen) atoms. The zero-order chi connectivity index (χ0) is 19.4. The van der Waals surface area contributed by atoms with Crippen LogP contribution in [0.1, 0.15) is 44.4 Å². The van der Waals surface area contributed by atoms with Gasteiger partial charge in [-0.2, -0.15) is 0 Å². The first-order valence-corrected chi connectivity index (χ1v) is 9.45. The summed E-state index contributed by atoms with van der Waals surface area (Å²) in [6.07, 6.45) is 0.652. The van der Waals surface area contributed by atoms with Crippen molar-refractivity contribution >= 4 is 5.71 Å². The lowest BCUT2D eigenvalue weighted by molar-refractivity contribution is 0.309. The van der Waals surface area contributed by atoms with E-state index in [1.165, 1.54) is 0 Å². The van der Waals surface area contributed by atoms with Gasteiger partial charge in [0, 0.05) is 23.7 Å². The second-order valence-corrected chi connectivity index (χ2v) is 7.05. The van der Waals surface area contributed by atoms with E-state index >= 15 is 0 Å². The number of hydrogen-bond donors (Lipinski definition) is 2. The summed E-state index contributed by atoms with van der Waals surface area (Å²) in [5.74, 6) is 1.85. The average molecular weight is 368 g/mol. The molecule has 2 atom stereocenters. The van der Waals surface area contributed by atoms with E-state index in [0.717, 1.165) is 22.6 Å². The Bertz CT molecular complexity index is 817. The lowest BCUT2D eigenvalue weighted by Crippen LogP contribution is -2.41. The summed E-state index contributed by atoms with van der Waals surface area (Å²) in [6.45, 7) is 6.71. The van der Waals surface area contributed by atoms with Gasteiger partial charge >= 0.3 is 0 Å². The molecule has 0 spiro atoms. The fourth-order valence-electron chi connectivity index (χ4n) is 3.34. The molecular weight excluding hydrogens is 340 g/mol. The molecule has 0 aromatic heterocycles. The standard InChI is InChI=1S/C22H28N2O3/c1-5-27-20-11-7-10-17(21(20)25)19-13-18(23-22(24-19)14(2)3)15-8-6-9-16(12-15)26-4/h6-12,14,19,22,24-25H,5,13H2,1-4H3/t19-,22-/m1/s1. The van der Waals surface area contributed by atoms with Crippen molar-refractivity contribution in [3.8, 4) is 17.2 Å². The molecule has 0 amide bonds. The lowest BCUT2D eigenvalue weighted by atomic mass is 9.92. The number of aromatic hydroxyl groups is 1. The van der Waals surface area contributed by atoms with Crippen LogP contribution in [-0.4, -0.2) is 30.7 Å². The minimum absolute atomic E-state index is 0.0277. The summed E-state index contributed by atoms with van der Waals surface area (Å²) in [4.78, 5) is 4.93. The Morgan fingerprint density at radius 2 is 2.00 bits per heavy atom. The molecule has 2 aromatic rings. The quantitative estimate of drug-likeness (QED) is 0.798. The van der Waals surface area contributed by atoms with E-state index < -0.39 is 0 Å². The van der Waals surface area contributed by atoms with E-state index in [0.29, 0.717) is 24.7 Å². The van der Waals surface area contributed by atoms with Crippen LogP contribution < -0.4 is 14.8 Å². The highest BCUT2D eigenvalue weighted by Gasteiger charge is 2.29. The van der Waals surface area contributed by atoms with E-state index in [4.69, 9.17) is 14.5 Å². The number of phenols is 1. The summed E-state index contributed by atoms with van der Waals surface area (Å²) in [7, 11) is 1.67. The number of nitrogens with zero attached hydrogens (tertiary/aromatic N) is 1.